The first-order valence-electron chi connectivity index (χ1n) is 12.3. The molecular formula is C26H30FN9O. The molecule has 5 rings (SSSR count). The summed E-state index contributed by atoms with van der Waals surface area (Å²) in [5.41, 5.74) is 2.53. The van der Waals surface area contributed by atoms with Crippen molar-refractivity contribution in [1.29, 1.82) is 0 Å². The minimum Gasteiger partial charge on any atom is -0.325 e. The van der Waals surface area contributed by atoms with Crippen molar-refractivity contribution in [2.75, 3.05) is 30.9 Å². The van der Waals surface area contributed by atoms with Gasteiger partial charge in [0.25, 0.3) is 0 Å². The lowest BCUT2D eigenvalue weighted by Gasteiger charge is -2.35. The van der Waals surface area contributed by atoms with Crippen molar-refractivity contribution in [1.82, 2.24) is 34.4 Å². The predicted octanol–water partition coefficient (Wildman–Crippen LogP) is 4.11. The molecule has 1 aliphatic heterocycles. The summed E-state index contributed by atoms with van der Waals surface area (Å²) in [7, 11) is 3.85. The van der Waals surface area contributed by atoms with E-state index in [1.807, 2.05) is 50.4 Å². The maximum atomic E-state index is 14.8. The van der Waals surface area contributed by atoms with Gasteiger partial charge in [0.2, 0.25) is 17.8 Å². The van der Waals surface area contributed by atoms with E-state index in [0.29, 0.717) is 35.2 Å². The summed E-state index contributed by atoms with van der Waals surface area (Å²) >= 11 is 0. The Hall–Kier alpha value is -3.99. The van der Waals surface area contributed by atoms with Crippen molar-refractivity contribution >= 4 is 34.4 Å². The number of nitrogens with one attached hydrogen (secondary N) is 1. The number of halogens is 1. The molecule has 5 heterocycles. The van der Waals surface area contributed by atoms with Crippen molar-refractivity contribution in [3.05, 3.63) is 48.4 Å². The zero-order chi connectivity index (χ0) is 26.3. The van der Waals surface area contributed by atoms with Crippen LogP contribution in [0.5, 0.6) is 0 Å². The number of rotatable bonds is 6. The van der Waals surface area contributed by atoms with E-state index in [1.165, 1.54) is 0 Å². The van der Waals surface area contributed by atoms with Crippen LogP contribution in [0.15, 0.2) is 36.7 Å². The molecular weight excluding hydrogens is 473 g/mol. The van der Waals surface area contributed by atoms with Gasteiger partial charge in [0, 0.05) is 18.8 Å². The second-order valence-electron chi connectivity index (χ2n) is 9.69. The number of carbonyl (C=O) groups is 1. The third-order valence-corrected chi connectivity index (χ3v) is 6.58. The monoisotopic (exact) mass is 503 g/mol. The second-order valence-corrected chi connectivity index (χ2v) is 9.69. The quantitative estimate of drug-likeness (QED) is 0.392. The summed E-state index contributed by atoms with van der Waals surface area (Å²) in [5, 5.41) is 3.08. The number of hydrogen-bond acceptors (Lipinski definition) is 8. The average Bonchev–Trinajstić information content (AvgIpc) is 3.21. The van der Waals surface area contributed by atoms with Crippen LogP contribution in [0.25, 0.3) is 22.4 Å². The molecule has 10 nitrogen and oxygen atoms in total. The van der Waals surface area contributed by atoms with Crippen LogP contribution in [-0.4, -0.2) is 67.0 Å². The lowest BCUT2D eigenvalue weighted by molar-refractivity contribution is -0.124. The summed E-state index contributed by atoms with van der Waals surface area (Å²) < 4.78 is 16.8. The van der Waals surface area contributed by atoms with Crippen LogP contribution in [0.1, 0.15) is 38.6 Å². The molecule has 0 spiro atoms. The maximum Gasteiger partial charge on any atom is 0.244 e. The van der Waals surface area contributed by atoms with Gasteiger partial charge in [0.05, 0.1) is 34.8 Å². The van der Waals surface area contributed by atoms with Gasteiger partial charge in [-0.25, -0.2) is 24.9 Å². The summed E-state index contributed by atoms with van der Waals surface area (Å²) in [4.78, 5) is 38.3. The van der Waals surface area contributed by atoms with Crippen molar-refractivity contribution in [3.8, 4) is 11.4 Å². The number of nitrogens with zero attached hydrogens (tertiary/aromatic N) is 8. The first kappa shape index (κ1) is 24.7. The van der Waals surface area contributed by atoms with E-state index in [9.17, 15) is 9.18 Å². The van der Waals surface area contributed by atoms with Gasteiger partial charge in [-0.15, -0.1) is 0 Å². The highest BCUT2D eigenvalue weighted by Gasteiger charge is 2.31. The van der Waals surface area contributed by atoms with Crippen LogP contribution >= 0.6 is 0 Å². The number of anilines is 3. The van der Waals surface area contributed by atoms with E-state index in [4.69, 9.17) is 0 Å². The number of imidazole rings is 1. The number of carbonyl (C=O) groups excluding carboxylic acids is 1. The molecule has 0 bridgehead atoms. The minimum absolute atomic E-state index is 0.0838. The number of pyridine rings is 2. The van der Waals surface area contributed by atoms with Crippen LogP contribution in [0, 0.1) is 12.9 Å². The molecule has 1 saturated heterocycles. The topological polar surface area (TPSA) is 105 Å². The van der Waals surface area contributed by atoms with Gasteiger partial charge in [0.1, 0.15) is 17.2 Å². The van der Waals surface area contributed by atoms with Gasteiger partial charge in [-0.3, -0.25) is 9.69 Å². The molecule has 4 aromatic heterocycles. The van der Waals surface area contributed by atoms with Crippen molar-refractivity contribution in [3.63, 3.8) is 0 Å². The van der Waals surface area contributed by atoms with E-state index in [1.54, 1.807) is 35.5 Å². The number of likely N-dealkylation sites (N-methyl/N-ethyl adjacent to an activating group) is 1. The van der Waals surface area contributed by atoms with E-state index >= 15 is 0 Å². The zero-order valence-electron chi connectivity index (χ0n) is 21.6. The van der Waals surface area contributed by atoms with Crippen LogP contribution in [0.3, 0.4) is 0 Å². The Kier molecular flexibility index (Phi) is 6.55. The third-order valence-electron chi connectivity index (χ3n) is 6.58. The molecule has 4 aromatic rings. The first-order chi connectivity index (χ1) is 17.7. The molecule has 1 aliphatic rings. The first-order valence-corrected chi connectivity index (χ1v) is 12.3. The number of piperidine rings is 1. The highest BCUT2D eigenvalue weighted by Crippen LogP contribution is 2.27. The Labute approximate surface area is 214 Å². The van der Waals surface area contributed by atoms with Gasteiger partial charge < -0.3 is 14.8 Å². The molecule has 0 aliphatic carbocycles. The minimum atomic E-state index is -0.635. The summed E-state index contributed by atoms with van der Waals surface area (Å²) in [5.74, 6) is 1.00. The Balaban J connectivity index is 1.38. The van der Waals surface area contributed by atoms with E-state index in [-0.39, 0.29) is 23.5 Å². The molecule has 1 atom stereocenters. The number of fused-ring (bicyclic) bond motifs is 1. The van der Waals surface area contributed by atoms with Gasteiger partial charge in [-0.1, -0.05) is 0 Å². The summed E-state index contributed by atoms with van der Waals surface area (Å²) in [6, 6.07) is 7.12. The highest BCUT2D eigenvalue weighted by molar-refractivity contribution is 5.97. The smallest absolute Gasteiger partial charge is 0.244 e. The molecule has 0 saturated carbocycles. The van der Waals surface area contributed by atoms with Crippen LogP contribution < -0.4 is 10.2 Å². The largest absolute Gasteiger partial charge is 0.325 e. The standard InChI is InChI=1S/C26H30FN9O/c1-15(2)36-16(3)30-23-21(36)13-19(31-24(23)27)18-10-11-28-26(32-18)33-22-9-8-17(14-29-22)35-12-6-7-20(25(35)37)34(4)5/h8-11,13-15,20H,6-7,12H2,1-5H3,(H,28,29,32,33). The second kappa shape index (κ2) is 9.81. The lowest BCUT2D eigenvalue weighted by Crippen LogP contribution is -2.50. The SMILES string of the molecule is Cc1nc2c(F)nc(-c3ccnc(Nc4ccc(N5CCCC(N(C)C)C5=O)cn4)n3)cc2n1C(C)C. The lowest BCUT2D eigenvalue weighted by atomic mass is 10.0. The summed E-state index contributed by atoms with van der Waals surface area (Å²) in [6.07, 6.45) is 5.05. The molecule has 1 N–H and O–H groups in total. The highest BCUT2D eigenvalue weighted by atomic mass is 19.1. The Morgan fingerprint density at radius 2 is 1.92 bits per heavy atom. The molecule has 0 radical (unpaired) electrons. The fourth-order valence-corrected chi connectivity index (χ4v) is 4.84. The van der Waals surface area contributed by atoms with Crippen LogP contribution in [-0.2, 0) is 4.79 Å². The normalized spacial score (nSPS) is 16.3. The fraction of sp³-hybridized carbons (Fsp3) is 0.385. The number of amides is 1. The van der Waals surface area contributed by atoms with Crippen molar-refractivity contribution < 1.29 is 9.18 Å². The molecule has 37 heavy (non-hydrogen) atoms. The zero-order valence-corrected chi connectivity index (χ0v) is 21.6. The van der Waals surface area contributed by atoms with E-state index in [2.05, 4.69) is 30.2 Å². The Morgan fingerprint density at radius 1 is 1.11 bits per heavy atom. The van der Waals surface area contributed by atoms with Gasteiger partial charge in [-0.2, -0.15) is 4.39 Å². The van der Waals surface area contributed by atoms with Crippen LogP contribution in [0.4, 0.5) is 21.8 Å². The molecule has 1 fully saturated rings. The fourth-order valence-electron chi connectivity index (χ4n) is 4.84. The van der Waals surface area contributed by atoms with Gasteiger partial charge >= 0.3 is 0 Å². The number of aryl methyl sites for hydroxylation is 1. The Morgan fingerprint density at radius 3 is 2.62 bits per heavy atom. The molecule has 192 valence electrons. The van der Waals surface area contributed by atoms with E-state index in [0.717, 1.165) is 24.4 Å². The molecule has 11 heteroatoms. The summed E-state index contributed by atoms with van der Waals surface area (Å²) in [6.45, 7) is 6.58. The van der Waals surface area contributed by atoms with Crippen LogP contribution in [0.2, 0.25) is 0 Å². The predicted molar refractivity (Wildman–Crippen MR) is 140 cm³/mol. The molecule has 1 unspecified atom stereocenters. The third kappa shape index (κ3) is 4.74. The van der Waals surface area contributed by atoms with Crippen molar-refractivity contribution in [2.24, 2.45) is 0 Å². The van der Waals surface area contributed by atoms with Crippen molar-refractivity contribution in [2.45, 2.75) is 45.7 Å². The average molecular weight is 504 g/mol. The van der Waals surface area contributed by atoms with E-state index < -0.39 is 5.95 Å². The number of aromatic nitrogens is 6. The number of hydrogen-bond donors (Lipinski definition) is 1. The Bertz CT molecular complexity index is 1450. The molecule has 1 amide bonds. The maximum absolute atomic E-state index is 14.8. The molecule has 0 aromatic carbocycles. The van der Waals surface area contributed by atoms with Gasteiger partial charge in [-0.05, 0) is 72.0 Å². The van der Waals surface area contributed by atoms with Gasteiger partial charge in [0.15, 0.2) is 0 Å².